The van der Waals surface area contributed by atoms with E-state index in [0.29, 0.717) is 6.61 Å². The van der Waals surface area contributed by atoms with Crippen molar-refractivity contribution in [1.82, 2.24) is 10.3 Å². The minimum absolute atomic E-state index is 0.157. The third-order valence-electron chi connectivity index (χ3n) is 5.24. The van der Waals surface area contributed by atoms with Crippen LogP contribution in [0.3, 0.4) is 0 Å². The monoisotopic (exact) mass is 448 g/mol. The molecule has 2 aromatic rings. The number of rotatable bonds is 7. The van der Waals surface area contributed by atoms with Crippen LogP contribution in [0.25, 0.3) is 0 Å². The van der Waals surface area contributed by atoms with Crippen molar-refractivity contribution in [2.45, 2.75) is 62.6 Å². The summed E-state index contributed by atoms with van der Waals surface area (Å²) in [7, 11) is -3.79. The predicted molar refractivity (Wildman–Crippen MR) is 113 cm³/mol. The first kappa shape index (κ1) is 22.3. The second kappa shape index (κ2) is 8.95. The Balaban J connectivity index is 1.49. The average Bonchev–Trinajstić information content (AvgIpc) is 3.06. The third kappa shape index (κ3) is 5.32. The number of nitrogens with one attached hydrogen (secondary N) is 2. The molecule has 0 radical (unpaired) electrons. The predicted octanol–water partition coefficient (Wildman–Crippen LogP) is 2.24. The van der Waals surface area contributed by atoms with Gasteiger partial charge in [0, 0.05) is 0 Å². The maximum atomic E-state index is 12.8. The van der Waals surface area contributed by atoms with E-state index in [2.05, 4.69) is 10.3 Å². The summed E-state index contributed by atoms with van der Waals surface area (Å²) in [5.74, 6) is -0.803. The lowest BCUT2D eigenvalue weighted by molar-refractivity contribution is -0.218. The van der Waals surface area contributed by atoms with Crippen LogP contribution >= 0.6 is 0 Å². The number of hydrogen-bond donors (Lipinski definition) is 2. The van der Waals surface area contributed by atoms with Crippen molar-refractivity contribution in [3.05, 3.63) is 65.7 Å². The lowest BCUT2D eigenvalue weighted by atomic mass is 10.0. The Morgan fingerprint density at radius 1 is 1.06 bits per heavy atom. The summed E-state index contributed by atoms with van der Waals surface area (Å²) in [6, 6.07) is 15.7. The van der Waals surface area contributed by atoms with Crippen LogP contribution in [0.5, 0.6) is 0 Å². The molecule has 8 nitrogen and oxygen atoms in total. The number of hydrazine groups is 1. The summed E-state index contributed by atoms with van der Waals surface area (Å²) in [5, 5.41) is 0. The van der Waals surface area contributed by atoms with Crippen LogP contribution in [0.15, 0.2) is 59.5 Å². The third-order valence-corrected chi connectivity index (χ3v) is 6.52. The van der Waals surface area contributed by atoms with E-state index in [0.717, 1.165) is 11.1 Å². The number of hydrogen-bond acceptors (Lipinski definition) is 7. The lowest BCUT2D eigenvalue weighted by Crippen LogP contribution is -2.62. The summed E-state index contributed by atoms with van der Waals surface area (Å²) < 4.78 is 49.4. The zero-order valence-electron chi connectivity index (χ0n) is 17.8. The van der Waals surface area contributed by atoms with Gasteiger partial charge in [0.25, 0.3) is 10.0 Å². The molecule has 0 aliphatic carbocycles. The van der Waals surface area contributed by atoms with Crippen LogP contribution in [0.1, 0.15) is 25.0 Å². The maximum absolute atomic E-state index is 12.8. The van der Waals surface area contributed by atoms with Gasteiger partial charge in [-0.3, -0.25) is 0 Å². The van der Waals surface area contributed by atoms with Crippen molar-refractivity contribution in [3.8, 4) is 0 Å². The van der Waals surface area contributed by atoms with Gasteiger partial charge in [-0.05, 0) is 38.5 Å². The lowest BCUT2D eigenvalue weighted by Gasteiger charge is -2.38. The molecule has 2 aliphatic rings. The minimum Gasteiger partial charge on any atom is -0.348 e. The van der Waals surface area contributed by atoms with Crippen molar-refractivity contribution in [1.29, 1.82) is 0 Å². The Bertz CT molecular complexity index is 981. The molecule has 0 unspecified atom stereocenters. The molecule has 2 fully saturated rings. The average molecular weight is 449 g/mol. The molecular weight excluding hydrogens is 420 g/mol. The van der Waals surface area contributed by atoms with Gasteiger partial charge in [-0.1, -0.05) is 48.0 Å². The molecule has 9 heteroatoms. The first-order valence-electron chi connectivity index (χ1n) is 10.2. The summed E-state index contributed by atoms with van der Waals surface area (Å²) in [5.41, 5.74) is 4.84. The first-order chi connectivity index (χ1) is 14.7. The van der Waals surface area contributed by atoms with E-state index < -0.39 is 34.2 Å². The highest BCUT2D eigenvalue weighted by molar-refractivity contribution is 7.89. The van der Waals surface area contributed by atoms with Gasteiger partial charge in [0.15, 0.2) is 12.1 Å². The summed E-state index contributed by atoms with van der Waals surface area (Å²) in [6.45, 7) is 6.14. The van der Waals surface area contributed by atoms with Crippen molar-refractivity contribution in [2.24, 2.45) is 0 Å². The Morgan fingerprint density at radius 2 is 1.77 bits per heavy atom. The van der Waals surface area contributed by atoms with Crippen molar-refractivity contribution < 1.29 is 27.4 Å². The number of ether oxygens (including phenoxy) is 4. The van der Waals surface area contributed by atoms with Gasteiger partial charge in [-0.25, -0.2) is 13.8 Å². The smallest absolute Gasteiger partial charge is 0.253 e. The molecule has 0 aromatic heterocycles. The fourth-order valence-electron chi connectivity index (χ4n) is 3.72. The van der Waals surface area contributed by atoms with E-state index in [1.165, 1.54) is 0 Å². The SMILES string of the molecule is Cc1ccc(S(=O)(=O)NN[C@@H]2[C@@H](OCc3ccccc3)OC[C@@H]3OC(C)(C)O[C@H]23)cc1. The number of sulfonamides is 1. The summed E-state index contributed by atoms with van der Waals surface area (Å²) in [6.07, 6.45) is -1.53. The van der Waals surface area contributed by atoms with E-state index >= 15 is 0 Å². The molecule has 0 saturated carbocycles. The molecule has 2 aliphatic heterocycles. The van der Waals surface area contributed by atoms with Crippen molar-refractivity contribution in [2.75, 3.05) is 6.61 Å². The Hall–Kier alpha value is -1.85. The van der Waals surface area contributed by atoms with E-state index in [1.807, 2.05) is 51.1 Å². The fraction of sp³-hybridized carbons (Fsp3) is 0.455. The molecule has 168 valence electrons. The van der Waals surface area contributed by atoms with Gasteiger partial charge < -0.3 is 18.9 Å². The molecule has 4 atom stereocenters. The maximum Gasteiger partial charge on any atom is 0.253 e. The zero-order valence-corrected chi connectivity index (χ0v) is 18.6. The van der Waals surface area contributed by atoms with E-state index in [-0.39, 0.29) is 17.6 Å². The van der Waals surface area contributed by atoms with Gasteiger partial charge in [0.1, 0.15) is 18.2 Å². The van der Waals surface area contributed by atoms with Crippen LogP contribution in [-0.2, 0) is 35.6 Å². The standard InChI is InChI=1S/C22H28N2O6S/c1-15-9-11-17(12-10-15)31(25,26)24-23-19-20-18(29-22(2,3)30-20)14-28-21(19)27-13-16-7-5-4-6-8-16/h4-12,18-21,23-24H,13-14H2,1-3H3/t18-,19-,20-,21-/m0/s1. The van der Waals surface area contributed by atoms with Gasteiger partial charge in [-0.15, -0.1) is 4.83 Å². The van der Waals surface area contributed by atoms with E-state index in [9.17, 15) is 8.42 Å². The van der Waals surface area contributed by atoms with Crippen LogP contribution in [0.4, 0.5) is 0 Å². The highest BCUT2D eigenvalue weighted by Gasteiger charge is 2.51. The number of fused-ring (bicyclic) bond motifs is 1. The van der Waals surface area contributed by atoms with Crippen molar-refractivity contribution in [3.63, 3.8) is 0 Å². The van der Waals surface area contributed by atoms with Gasteiger partial charge in [0.2, 0.25) is 0 Å². The highest BCUT2D eigenvalue weighted by atomic mass is 32.2. The number of aryl methyl sites for hydroxylation is 1. The molecule has 0 amide bonds. The van der Waals surface area contributed by atoms with E-state index in [1.54, 1.807) is 24.3 Å². The molecule has 2 saturated heterocycles. The number of benzene rings is 2. The fourth-order valence-corrected chi connectivity index (χ4v) is 4.62. The first-order valence-corrected chi connectivity index (χ1v) is 11.7. The van der Waals surface area contributed by atoms with Gasteiger partial charge >= 0.3 is 0 Å². The summed E-state index contributed by atoms with van der Waals surface area (Å²) >= 11 is 0. The molecule has 0 spiro atoms. The zero-order chi connectivity index (χ0) is 22.1. The molecule has 4 rings (SSSR count). The van der Waals surface area contributed by atoms with Crippen molar-refractivity contribution >= 4 is 10.0 Å². The molecule has 2 aromatic carbocycles. The minimum atomic E-state index is -3.79. The summed E-state index contributed by atoms with van der Waals surface area (Å²) in [4.78, 5) is 2.62. The second-order valence-corrected chi connectivity index (χ2v) is 9.91. The van der Waals surface area contributed by atoms with Crippen LogP contribution < -0.4 is 10.3 Å². The molecule has 2 N–H and O–H groups in total. The second-order valence-electron chi connectivity index (χ2n) is 8.23. The molecule has 31 heavy (non-hydrogen) atoms. The van der Waals surface area contributed by atoms with Crippen LogP contribution in [-0.4, -0.2) is 45.4 Å². The Labute approximate surface area is 182 Å². The normalized spacial score (nSPS) is 27.7. The topological polar surface area (TPSA) is 95.1 Å². The largest absolute Gasteiger partial charge is 0.348 e. The van der Waals surface area contributed by atoms with Gasteiger partial charge in [-0.2, -0.15) is 0 Å². The van der Waals surface area contributed by atoms with Crippen LogP contribution in [0, 0.1) is 6.92 Å². The van der Waals surface area contributed by atoms with Gasteiger partial charge in [0.05, 0.1) is 18.1 Å². The molecule has 2 heterocycles. The van der Waals surface area contributed by atoms with Crippen LogP contribution in [0.2, 0.25) is 0 Å². The Kier molecular flexibility index (Phi) is 6.45. The highest BCUT2D eigenvalue weighted by Crippen LogP contribution is 2.34. The molecular formula is C22H28N2O6S. The Morgan fingerprint density at radius 3 is 2.48 bits per heavy atom. The quantitative estimate of drug-likeness (QED) is 0.627. The van der Waals surface area contributed by atoms with E-state index in [4.69, 9.17) is 18.9 Å². The molecule has 0 bridgehead atoms.